The highest BCUT2D eigenvalue weighted by atomic mass is 79.9. The number of nitrogens with zero attached hydrogens (tertiary/aromatic N) is 2. The molecule has 0 saturated heterocycles. The van der Waals surface area contributed by atoms with E-state index in [1.165, 1.54) is 30.3 Å². The molecule has 31 heavy (non-hydrogen) atoms. The van der Waals surface area contributed by atoms with Crippen LogP contribution in [0.5, 0.6) is 5.75 Å². The molecule has 0 aliphatic heterocycles. The molecule has 5 nitrogen and oxygen atoms in total. The van der Waals surface area contributed by atoms with Gasteiger partial charge in [0.15, 0.2) is 5.76 Å². The van der Waals surface area contributed by atoms with Crippen LogP contribution in [0.4, 0.5) is 13.2 Å². The minimum Gasteiger partial charge on any atom is -0.453 e. The van der Waals surface area contributed by atoms with E-state index >= 15 is 0 Å². The van der Waals surface area contributed by atoms with Crippen molar-refractivity contribution in [1.29, 1.82) is 0 Å². The number of furan rings is 1. The number of rotatable bonds is 5. The summed E-state index contributed by atoms with van der Waals surface area (Å²) in [7, 11) is 0. The topological polar surface area (TPSA) is 60.4 Å². The van der Waals surface area contributed by atoms with E-state index in [4.69, 9.17) is 4.42 Å². The average molecular weight is 493 g/mol. The van der Waals surface area contributed by atoms with Crippen LogP contribution in [0, 0.1) is 6.92 Å². The quantitative estimate of drug-likeness (QED) is 0.318. The van der Waals surface area contributed by atoms with Crippen molar-refractivity contribution in [3.8, 4) is 28.7 Å². The number of hydrogen-bond acceptors (Lipinski definition) is 4. The van der Waals surface area contributed by atoms with Crippen LogP contribution in [-0.2, 0) is 6.42 Å². The van der Waals surface area contributed by atoms with Crippen molar-refractivity contribution in [2.45, 2.75) is 19.7 Å². The van der Waals surface area contributed by atoms with Crippen LogP contribution < -0.4 is 4.74 Å². The van der Waals surface area contributed by atoms with E-state index in [1.54, 1.807) is 13.0 Å². The number of ether oxygens (including phenoxy) is 1. The number of hydrogen-bond donors (Lipinski definition) is 1. The minimum absolute atomic E-state index is 0.133. The highest BCUT2D eigenvalue weighted by molar-refractivity contribution is 9.10. The van der Waals surface area contributed by atoms with Crippen molar-refractivity contribution in [3.05, 3.63) is 82.1 Å². The van der Waals surface area contributed by atoms with E-state index in [-0.39, 0.29) is 28.7 Å². The highest BCUT2D eigenvalue weighted by Gasteiger charge is 2.32. The van der Waals surface area contributed by atoms with Crippen LogP contribution in [0.2, 0.25) is 0 Å². The van der Waals surface area contributed by atoms with Gasteiger partial charge in [-0.25, -0.2) is 4.98 Å². The first-order chi connectivity index (χ1) is 14.7. The maximum atomic E-state index is 12.7. The molecule has 0 amide bonds. The number of benzene rings is 2. The summed E-state index contributed by atoms with van der Waals surface area (Å²) in [6.45, 7) is 1.72. The Labute approximate surface area is 183 Å². The molecule has 0 saturated carbocycles. The molecule has 0 aliphatic rings. The fourth-order valence-electron chi connectivity index (χ4n) is 3.15. The van der Waals surface area contributed by atoms with E-state index in [1.807, 2.05) is 24.3 Å². The lowest BCUT2D eigenvalue weighted by atomic mass is 10.1. The van der Waals surface area contributed by atoms with Crippen LogP contribution in [-0.4, -0.2) is 21.3 Å². The first kappa shape index (κ1) is 21.0. The van der Waals surface area contributed by atoms with Crippen LogP contribution in [0.25, 0.3) is 22.9 Å². The van der Waals surface area contributed by atoms with E-state index < -0.39 is 6.36 Å². The normalized spacial score (nSPS) is 11.6. The third kappa shape index (κ3) is 4.61. The molecule has 0 fully saturated rings. The summed E-state index contributed by atoms with van der Waals surface area (Å²) in [5, 5.41) is 10.5. The van der Waals surface area contributed by atoms with E-state index in [0.717, 1.165) is 14.8 Å². The van der Waals surface area contributed by atoms with Crippen molar-refractivity contribution in [2.24, 2.45) is 0 Å². The van der Waals surface area contributed by atoms with Crippen molar-refractivity contribution in [3.63, 3.8) is 0 Å². The van der Waals surface area contributed by atoms with Gasteiger partial charge in [0, 0.05) is 10.9 Å². The van der Waals surface area contributed by atoms with Crippen molar-refractivity contribution in [1.82, 2.24) is 9.71 Å². The highest BCUT2D eigenvalue weighted by Crippen LogP contribution is 2.36. The molecule has 4 rings (SSSR count). The SMILES string of the molecule is Cc1c(Cc2ccc(Br)cc2)nc(-c2ccc(-c3ccccc3OC(F)(F)F)o2)n1O. The van der Waals surface area contributed by atoms with E-state index in [0.29, 0.717) is 17.8 Å². The lowest BCUT2D eigenvalue weighted by Crippen LogP contribution is -2.17. The maximum absolute atomic E-state index is 12.7. The standard InChI is InChI=1S/C22H16BrF3N2O3/c1-13-17(12-14-6-8-15(23)9-7-14)27-21(28(13)29)20-11-10-18(30-20)16-4-2-3-5-19(16)31-22(24,25)26/h2-11,29H,12H2,1H3. The van der Waals surface area contributed by atoms with Crippen LogP contribution in [0.15, 0.2) is 69.6 Å². The zero-order chi connectivity index (χ0) is 22.2. The lowest BCUT2D eigenvalue weighted by molar-refractivity contribution is -0.274. The Kier molecular flexibility index (Phi) is 5.53. The fourth-order valence-corrected chi connectivity index (χ4v) is 3.41. The molecule has 160 valence electrons. The summed E-state index contributed by atoms with van der Waals surface area (Å²) in [5.41, 5.74) is 2.33. The summed E-state index contributed by atoms with van der Waals surface area (Å²) in [6.07, 6.45) is -4.33. The molecule has 0 aliphatic carbocycles. The number of halogens is 4. The van der Waals surface area contributed by atoms with Gasteiger partial charge in [-0.05, 0) is 48.9 Å². The van der Waals surface area contributed by atoms with Crippen molar-refractivity contribution in [2.75, 3.05) is 0 Å². The zero-order valence-corrected chi connectivity index (χ0v) is 17.7. The molecule has 0 radical (unpaired) electrons. The molecular formula is C22H16BrF3N2O3. The Hall–Kier alpha value is -3.20. The fraction of sp³-hybridized carbons (Fsp3) is 0.136. The number of alkyl halides is 3. The second kappa shape index (κ2) is 8.14. The second-order valence-corrected chi connectivity index (χ2v) is 7.71. The molecule has 1 N–H and O–H groups in total. The smallest absolute Gasteiger partial charge is 0.453 e. The van der Waals surface area contributed by atoms with Crippen molar-refractivity contribution < 1.29 is 27.5 Å². The minimum atomic E-state index is -4.83. The van der Waals surface area contributed by atoms with Gasteiger partial charge in [0.1, 0.15) is 11.5 Å². The Morgan fingerprint density at radius 1 is 1.03 bits per heavy atom. The second-order valence-electron chi connectivity index (χ2n) is 6.79. The van der Waals surface area contributed by atoms with Gasteiger partial charge in [-0.15, -0.1) is 13.2 Å². The summed E-state index contributed by atoms with van der Waals surface area (Å²) in [4.78, 5) is 4.48. The molecule has 0 bridgehead atoms. The number of imidazole rings is 1. The Bertz CT molecular complexity index is 1210. The van der Waals surface area contributed by atoms with E-state index in [9.17, 15) is 18.4 Å². The third-order valence-corrected chi connectivity index (χ3v) is 5.19. The van der Waals surface area contributed by atoms with Gasteiger partial charge in [0.2, 0.25) is 5.82 Å². The zero-order valence-electron chi connectivity index (χ0n) is 16.2. The monoisotopic (exact) mass is 492 g/mol. The Morgan fingerprint density at radius 2 is 1.71 bits per heavy atom. The molecular weight excluding hydrogens is 477 g/mol. The lowest BCUT2D eigenvalue weighted by Gasteiger charge is -2.11. The Morgan fingerprint density at radius 3 is 2.42 bits per heavy atom. The van der Waals surface area contributed by atoms with Crippen LogP contribution >= 0.6 is 15.9 Å². The summed E-state index contributed by atoms with van der Waals surface area (Å²) in [5.74, 6) is 0.148. The molecule has 0 unspecified atom stereocenters. The van der Waals surface area contributed by atoms with Crippen molar-refractivity contribution >= 4 is 15.9 Å². The molecule has 2 heterocycles. The molecule has 0 atom stereocenters. The van der Waals surface area contributed by atoms with Gasteiger partial charge in [0.25, 0.3) is 0 Å². The van der Waals surface area contributed by atoms with Gasteiger partial charge in [-0.2, -0.15) is 4.73 Å². The van der Waals surface area contributed by atoms with Gasteiger partial charge >= 0.3 is 6.36 Å². The maximum Gasteiger partial charge on any atom is 0.573 e. The molecule has 0 spiro atoms. The van der Waals surface area contributed by atoms with Gasteiger partial charge in [-0.1, -0.05) is 40.2 Å². The van der Waals surface area contributed by atoms with Crippen LogP contribution in [0.1, 0.15) is 17.0 Å². The number of para-hydroxylation sites is 1. The molecule has 2 aromatic heterocycles. The Balaban J connectivity index is 1.65. The molecule has 2 aromatic carbocycles. The molecule has 9 heteroatoms. The first-order valence-corrected chi connectivity index (χ1v) is 9.98. The van der Waals surface area contributed by atoms with Gasteiger partial charge in [0.05, 0.1) is 17.0 Å². The van der Waals surface area contributed by atoms with E-state index in [2.05, 4.69) is 25.7 Å². The largest absolute Gasteiger partial charge is 0.573 e. The summed E-state index contributed by atoms with van der Waals surface area (Å²) >= 11 is 3.39. The summed E-state index contributed by atoms with van der Waals surface area (Å²) < 4.78 is 49.8. The predicted octanol–water partition coefficient (Wildman–Crippen LogP) is 6.61. The third-order valence-electron chi connectivity index (χ3n) is 4.67. The van der Waals surface area contributed by atoms with Crippen LogP contribution in [0.3, 0.4) is 0 Å². The molecule has 4 aromatic rings. The first-order valence-electron chi connectivity index (χ1n) is 9.18. The van der Waals surface area contributed by atoms with Gasteiger partial charge in [-0.3, -0.25) is 0 Å². The summed E-state index contributed by atoms with van der Waals surface area (Å²) in [6, 6.07) is 16.5. The average Bonchev–Trinajstić information content (AvgIpc) is 3.30. The number of aromatic nitrogens is 2. The predicted molar refractivity (Wildman–Crippen MR) is 111 cm³/mol. The van der Waals surface area contributed by atoms with Gasteiger partial charge < -0.3 is 14.4 Å².